The standard InChI is InChI=1S/C15H15N3O7S2/c19-10(17-6-1-2-26-15(6)25)7-3-5-8(4-16-7)27-12(9(5)13(21)22)18-11(20)14(23)24/h6-7,16H,1-4H2,(H,17,19)(H,18,20)(H,21,22)(H,23,24)/t6?,7-/m0/s1. The maximum Gasteiger partial charge on any atom is 0.394 e. The minimum absolute atomic E-state index is 0.0519. The molecule has 1 unspecified atom stereocenters. The maximum atomic E-state index is 12.4. The summed E-state index contributed by atoms with van der Waals surface area (Å²) in [5.41, 5.74) is 0.163. The van der Waals surface area contributed by atoms with Crippen molar-refractivity contribution in [2.45, 2.75) is 31.5 Å². The average Bonchev–Trinajstić information content (AvgIpc) is 3.17. The normalized spacial score (nSPS) is 21.4. The van der Waals surface area contributed by atoms with Crippen LogP contribution in [0, 0.1) is 0 Å². The second-order valence-electron chi connectivity index (χ2n) is 5.93. The largest absolute Gasteiger partial charge is 0.478 e. The van der Waals surface area contributed by atoms with Crippen molar-refractivity contribution in [2.24, 2.45) is 0 Å². The van der Waals surface area contributed by atoms with Crippen molar-refractivity contribution in [1.82, 2.24) is 10.6 Å². The number of nitrogens with one attached hydrogen (secondary N) is 3. The van der Waals surface area contributed by atoms with E-state index in [1.165, 1.54) is 0 Å². The lowest BCUT2D eigenvalue weighted by atomic mass is 9.97. The smallest absolute Gasteiger partial charge is 0.394 e. The second-order valence-corrected chi connectivity index (χ2v) is 8.13. The zero-order valence-electron chi connectivity index (χ0n) is 13.7. The van der Waals surface area contributed by atoms with Gasteiger partial charge < -0.3 is 26.2 Å². The van der Waals surface area contributed by atoms with E-state index in [-0.39, 0.29) is 28.6 Å². The van der Waals surface area contributed by atoms with Gasteiger partial charge in [0.25, 0.3) is 0 Å². The van der Waals surface area contributed by atoms with Crippen LogP contribution in [0.15, 0.2) is 0 Å². The Morgan fingerprint density at radius 2 is 1.93 bits per heavy atom. The third kappa shape index (κ3) is 3.96. The molecule has 0 saturated carbocycles. The molecular formula is C15H15N3O7S2. The Morgan fingerprint density at radius 1 is 1.19 bits per heavy atom. The van der Waals surface area contributed by atoms with Gasteiger partial charge in [0.2, 0.25) is 11.0 Å². The Labute approximate surface area is 160 Å². The third-order valence-corrected chi connectivity index (χ3v) is 6.37. The van der Waals surface area contributed by atoms with E-state index in [4.69, 9.17) is 5.11 Å². The number of anilines is 1. The summed E-state index contributed by atoms with van der Waals surface area (Å²) in [7, 11) is 0. The molecule has 0 bridgehead atoms. The van der Waals surface area contributed by atoms with E-state index in [1.807, 2.05) is 0 Å². The van der Waals surface area contributed by atoms with Crippen molar-refractivity contribution < 1.29 is 34.2 Å². The Morgan fingerprint density at radius 3 is 2.52 bits per heavy atom. The van der Waals surface area contributed by atoms with Gasteiger partial charge in [-0.2, -0.15) is 0 Å². The molecule has 144 valence electrons. The lowest BCUT2D eigenvalue weighted by molar-refractivity contribution is -0.147. The van der Waals surface area contributed by atoms with Crippen LogP contribution in [0.3, 0.4) is 0 Å². The molecule has 1 aromatic rings. The topological polar surface area (TPSA) is 162 Å². The summed E-state index contributed by atoms with van der Waals surface area (Å²) >= 11 is 2.12. The minimum Gasteiger partial charge on any atom is -0.478 e. The first-order valence-corrected chi connectivity index (χ1v) is 9.70. The number of thioether (sulfide) groups is 1. The van der Waals surface area contributed by atoms with Crippen molar-refractivity contribution in [2.75, 3.05) is 11.1 Å². The molecule has 1 aromatic heterocycles. The Balaban J connectivity index is 1.79. The minimum atomic E-state index is -1.73. The summed E-state index contributed by atoms with van der Waals surface area (Å²) < 4.78 is 0. The molecule has 27 heavy (non-hydrogen) atoms. The Hall–Kier alpha value is -2.44. The zero-order valence-corrected chi connectivity index (χ0v) is 15.4. The molecular weight excluding hydrogens is 398 g/mol. The van der Waals surface area contributed by atoms with Crippen molar-refractivity contribution >= 4 is 57.0 Å². The fourth-order valence-electron chi connectivity index (χ4n) is 2.92. The molecule has 0 aromatic carbocycles. The molecule has 10 nitrogen and oxygen atoms in total. The van der Waals surface area contributed by atoms with Crippen LogP contribution < -0.4 is 16.0 Å². The van der Waals surface area contributed by atoms with E-state index >= 15 is 0 Å². The molecule has 0 radical (unpaired) electrons. The number of carbonyl (C=O) groups is 5. The number of hydrogen-bond acceptors (Lipinski definition) is 8. The first kappa shape index (κ1) is 19.3. The number of rotatable bonds is 4. The van der Waals surface area contributed by atoms with Gasteiger partial charge in [0.1, 0.15) is 5.00 Å². The lowest BCUT2D eigenvalue weighted by Crippen LogP contribution is -2.51. The van der Waals surface area contributed by atoms with E-state index in [9.17, 15) is 29.1 Å². The summed E-state index contributed by atoms with van der Waals surface area (Å²) in [6, 6.07) is -1.27. The number of carboxylic acids is 2. The molecule has 2 aliphatic heterocycles. The monoisotopic (exact) mass is 413 g/mol. The van der Waals surface area contributed by atoms with Gasteiger partial charge in [-0.3, -0.25) is 14.4 Å². The van der Waals surface area contributed by atoms with Gasteiger partial charge in [-0.25, -0.2) is 9.59 Å². The fourth-order valence-corrected chi connectivity index (χ4v) is 5.02. The van der Waals surface area contributed by atoms with E-state index in [1.54, 1.807) is 0 Å². The molecule has 2 amide bonds. The van der Waals surface area contributed by atoms with Crippen molar-refractivity contribution in [3.63, 3.8) is 0 Å². The number of hydrogen-bond donors (Lipinski definition) is 5. The van der Waals surface area contributed by atoms with E-state index in [2.05, 4.69) is 16.0 Å². The highest BCUT2D eigenvalue weighted by molar-refractivity contribution is 8.14. The molecule has 3 heterocycles. The van der Waals surface area contributed by atoms with Crippen LogP contribution in [0.5, 0.6) is 0 Å². The fraction of sp³-hybridized carbons (Fsp3) is 0.400. The predicted octanol–water partition coefficient (Wildman–Crippen LogP) is -0.368. The summed E-state index contributed by atoms with van der Waals surface area (Å²) in [5, 5.41) is 25.7. The van der Waals surface area contributed by atoms with Gasteiger partial charge in [-0.15, -0.1) is 11.3 Å². The second kappa shape index (κ2) is 7.66. The first-order valence-electron chi connectivity index (χ1n) is 7.90. The third-order valence-electron chi connectivity index (χ3n) is 4.21. The first-order chi connectivity index (χ1) is 12.8. The average molecular weight is 413 g/mol. The van der Waals surface area contributed by atoms with Crippen molar-refractivity contribution in [1.29, 1.82) is 0 Å². The molecule has 1 fully saturated rings. The predicted molar refractivity (Wildman–Crippen MR) is 95.9 cm³/mol. The number of aliphatic carboxylic acids is 1. The van der Waals surface area contributed by atoms with Crippen LogP contribution in [0.4, 0.5) is 5.00 Å². The summed E-state index contributed by atoms with van der Waals surface area (Å²) in [4.78, 5) is 58.4. The molecule has 5 N–H and O–H groups in total. The summed E-state index contributed by atoms with van der Waals surface area (Å²) in [6.45, 7) is 0.189. The number of aromatic carboxylic acids is 1. The molecule has 1 saturated heterocycles. The Bertz CT molecular complexity index is 851. The summed E-state index contributed by atoms with van der Waals surface area (Å²) in [6.07, 6.45) is 0.605. The highest BCUT2D eigenvalue weighted by Gasteiger charge is 2.35. The molecule has 0 spiro atoms. The zero-order chi connectivity index (χ0) is 19.7. The van der Waals surface area contributed by atoms with Gasteiger partial charge in [-0.1, -0.05) is 11.8 Å². The molecule has 2 aliphatic rings. The number of fused-ring (bicyclic) bond motifs is 1. The van der Waals surface area contributed by atoms with E-state index < -0.39 is 35.8 Å². The SMILES string of the molecule is O=C(O)C(=O)Nc1sc2c(c1C(=O)O)C[C@@H](C(=O)NC1CCSC1=O)NC2. The molecule has 3 rings (SSSR count). The van der Waals surface area contributed by atoms with Crippen LogP contribution >= 0.6 is 23.1 Å². The van der Waals surface area contributed by atoms with Gasteiger partial charge >= 0.3 is 17.8 Å². The van der Waals surface area contributed by atoms with Gasteiger partial charge in [-0.05, 0) is 18.4 Å². The molecule has 0 aliphatic carbocycles. The van der Waals surface area contributed by atoms with Crippen molar-refractivity contribution in [3.05, 3.63) is 16.0 Å². The van der Waals surface area contributed by atoms with E-state index in [0.29, 0.717) is 22.6 Å². The van der Waals surface area contributed by atoms with Crippen LogP contribution in [-0.4, -0.2) is 56.9 Å². The number of carboxylic acid groups (broad SMARTS) is 2. The van der Waals surface area contributed by atoms with Crippen LogP contribution in [0.2, 0.25) is 0 Å². The van der Waals surface area contributed by atoms with Gasteiger partial charge in [0.05, 0.1) is 17.6 Å². The summed E-state index contributed by atoms with van der Waals surface area (Å²) in [5.74, 6) is -4.15. The molecule has 2 atom stereocenters. The highest BCUT2D eigenvalue weighted by atomic mass is 32.2. The molecule has 12 heteroatoms. The Kier molecular flexibility index (Phi) is 5.48. The van der Waals surface area contributed by atoms with Gasteiger partial charge in [0.15, 0.2) is 0 Å². The number of carbonyl (C=O) groups excluding carboxylic acids is 3. The highest BCUT2D eigenvalue weighted by Crippen LogP contribution is 2.36. The lowest BCUT2D eigenvalue weighted by Gasteiger charge is -2.24. The quantitative estimate of drug-likeness (QED) is 0.415. The van der Waals surface area contributed by atoms with Crippen molar-refractivity contribution in [3.8, 4) is 0 Å². The maximum absolute atomic E-state index is 12.4. The van der Waals surface area contributed by atoms with Crippen LogP contribution in [0.25, 0.3) is 0 Å². The van der Waals surface area contributed by atoms with Crippen LogP contribution in [0.1, 0.15) is 27.2 Å². The van der Waals surface area contributed by atoms with Gasteiger partial charge in [0, 0.05) is 17.2 Å². The van der Waals surface area contributed by atoms with E-state index in [0.717, 1.165) is 23.1 Å². The van der Waals surface area contributed by atoms with Crippen LogP contribution in [-0.2, 0) is 32.1 Å². The number of thiophene rings is 1. The number of amides is 2.